The normalized spacial score (nSPS) is 19.7. The molecule has 1 atom stereocenters. The van der Waals surface area contributed by atoms with Gasteiger partial charge in [-0.25, -0.2) is 0 Å². The largest absolute Gasteiger partial charge is 0.396 e. The van der Waals surface area contributed by atoms with Crippen molar-refractivity contribution in [3.05, 3.63) is 68.7 Å². The number of carbonyl (C=O) groups is 1. The first-order valence-corrected chi connectivity index (χ1v) is 10.5. The molecule has 1 aliphatic heterocycles. The van der Waals surface area contributed by atoms with E-state index in [-0.39, 0.29) is 24.3 Å². The number of rotatable bonds is 5. The van der Waals surface area contributed by atoms with Crippen LogP contribution in [-0.4, -0.2) is 35.6 Å². The molecule has 1 amide bonds. The van der Waals surface area contributed by atoms with Crippen LogP contribution in [0.1, 0.15) is 41.5 Å². The molecule has 0 spiro atoms. The number of hydrogen-bond donors (Lipinski definition) is 1. The number of halogens is 2. The highest BCUT2D eigenvalue weighted by atomic mass is 35.5. The lowest BCUT2D eigenvalue weighted by Crippen LogP contribution is -2.49. The third-order valence-corrected chi connectivity index (χ3v) is 6.35. The monoisotopic (exact) mass is 419 g/mol. The van der Waals surface area contributed by atoms with Gasteiger partial charge in [0.15, 0.2) is 0 Å². The fourth-order valence-corrected chi connectivity index (χ4v) is 4.78. The Kier molecular flexibility index (Phi) is 6.69. The summed E-state index contributed by atoms with van der Waals surface area (Å²) in [5.41, 5.74) is 4.34. The molecule has 0 bridgehead atoms. The average Bonchev–Trinajstić information content (AvgIpc) is 2.63. The Hall–Kier alpha value is -1.55. The molecule has 1 N–H and O–H groups in total. The number of amides is 1. The van der Waals surface area contributed by atoms with Crippen LogP contribution < -0.4 is 0 Å². The van der Waals surface area contributed by atoms with Gasteiger partial charge in [0.25, 0.3) is 0 Å². The van der Waals surface area contributed by atoms with Crippen LogP contribution in [0.3, 0.4) is 0 Å². The topological polar surface area (TPSA) is 40.5 Å². The Balaban J connectivity index is 1.83. The fourth-order valence-electron chi connectivity index (χ4n) is 4.21. The number of piperidine rings is 1. The molecule has 0 radical (unpaired) electrons. The van der Waals surface area contributed by atoms with Crippen molar-refractivity contribution in [3.63, 3.8) is 0 Å². The zero-order valence-electron chi connectivity index (χ0n) is 16.5. The number of carbonyl (C=O) groups excluding carboxylic acids is 1. The molecule has 28 heavy (non-hydrogen) atoms. The highest BCUT2D eigenvalue weighted by Gasteiger charge is 2.38. The second kappa shape index (κ2) is 8.86. The van der Waals surface area contributed by atoms with Crippen LogP contribution in [0.2, 0.25) is 10.0 Å². The SMILES string of the molecule is Cc1ccc(C2(CCO)CCCN(C(=O)Cc3cc(Cl)cc(Cl)c3)C2)cc1C. The average molecular weight is 420 g/mol. The number of benzene rings is 2. The van der Waals surface area contributed by atoms with Gasteiger partial charge in [0.2, 0.25) is 5.91 Å². The minimum atomic E-state index is -0.201. The fraction of sp³-hybridized carbons (Fsp3) is 0.435. The summed E-state index contributed by atoms with van der Waals surface area (Å²) in [6.07, 6.45) is 2.84. The van der Waals surface area contributed by atoms with Crippen molar-refractivity contribution >= 4 is 29.1 Å². The number of nitrogens with zero attached hydrogens (tertiary/aromatic N) is 1. The van der Waals surface area contributed by atoms with E-state index in [2.05, 4.69) is 32.0 Å². The number of aliphatic hydroxyl groups is 1. The van der Waals surface area contributed by atoms with Crippen LogP contribution in [0.15, 0.2) is 36.4 Å². The quantitative estimate of drug-likeness (QED) is 0.732. The summed E-state index contributed by atoms with van der Waals surface area (Å²) in [5, 5.41) is 10.8. The van der Waals surface area contributed by atoms with Gasteiger partial charge in [-0.15, -0.1) is 0 Å². The second-order valence-corrected chi connectivity index (χ2v) is 8.80. The van der Waals surface area contributed by atoms with Gasteiger partial charge in [-0.2, -0.15) is 0 Å². The lowest BCUT2D eigenvalue weighted by molar-refractivity contribution is -0.133. The highest BCUT2D eigenvalue weighted by Crippen LogP contribution is 2.38. The number of hydrogen-bond acceptors (Lipinski definition) is 2. The number of likely N-dealkylation sites (tertiary alicyclic amines) is 1. The van der Waals surface area contributed by atoms with Crippen LogP contribution in [-0.2, 0) is 16.6 Å². The molecule has 2 aromatic rings. The maximum atomic E-state index is 13.0. The summed E-state index contributed by atoms with van der Waals surface area (Å²) in [7, 11) is 0. The molecular formula is C23H27Cl2NO2. The first-order chi connectivity index (χ1) is 13.3. The summed E-state index contributed by atoms with van der Waals surface area (Å²) in [5.74, 6) is 0.0733. The molecule has 1 saturated heterocycles. The summed E-state index contributed by atoms with van der Waals surface area (Å²) in [6, 6.07) is 11.8. The molecule has 1 fully saturated rings. The Morgan fingerprint density at radius 2 is 1.82 bits per heavy atom. The minimum Gasteiger partial charge on any atom is -0.396 e. The van der Waals surface area contributed by atoms with Crippen LogP contribution in [0.5, 0.6) is 0 Å². The minimum absolute atomic E-state index is 0.0733. The van der Waals surface area contributed by atoms with Crippen molar-refractivity contribution in [2.45, 2.75) is 44.9 Å². The first-order valence-electron chi connectivity index (χ1n) is 9.74. The van der Waals surface area contributed by atoms with E-state index in [1.165, 1.54) is 16.7 Å². The van der Waals surface area contributed by atoms with E-state index in [4.69, 9.17) is 23.2 Å². The maximum absolute atomic E-state index is 13.0. The van der Waals surface area contributed by atoms with Crippen LogP contribution in [0.4, 0.5) is 0 Å². The summed E-state index contributed by atoms with van der Waals surface area (Å²) < 4.78 is 0. The predicted molar refractivity (Wildman–Crippen MR) is 115 cm³/mol. The zero-order valence-corrected chi connectivity index (χ0v) is 18.0. The van der Waals surface area contributed by atoms with Crippen LogP contribution in [0.25, 0.3) is 0 Å². The summed E-state index contributed by atoms with van der Waals surface area (Å²) in [4.78, 5) is 14.9. The van der Waals surface area contributed by atoms with E-state index in [9.17, 15) is 9.90 Å². The van der Waals surface area contributed by atoms with Crippen LogP contribution >= 0.6 is 23.2 Å². The third kappa shape index (κ3) is 4.71. The van der Waals surface area contributed by atoms with Crippen LogP contribution in [0, 0.1) is 13.8 Å². The van der Waals surface area contributed by atoms with Gasteiger partial charge in [0.05, 0.1) is 6.42 Å². The Bertz CT molecular complexity index is 843. The third-order valence-electron chi connectivity index (χ3n) is 5.92. The van der Waals surface area contributed by atoms with Gasteiger partial charge in [0.1, 0.15) is 0 Å². The Morgan fingerprint density at radius 1 is 1.11 bits per heavy atom. The van der Waals surface area contributed by atoms with Gasteiger partial charge in [0, 0.05) is 35.2 Å². The second-order valence-electron chi connectivity index (χ2n) is 7.93. The molecule has 3 nitrogen and oxygen atoms in total. The predicted octanol–water partition coefficient (Wildman–Crippen LogP) is 5.10. The lowest BCUT2D eigenvalue weighted by atomic mass is 9.71. The maximum Gasteiger partial charge on any atom is 0.227 e. The van der Waals surface area contributed by atoms with Gasteiger partial charge >= 0.3 is 0 Å². The molecule has 0 aromatic heterocycles. The molecule has 2 aromatic carbocycles. The van der Waals surface area contributed by atoms with E-state index in [1.54, 1.807) is 18.2 Å². The molecule has 5 heteroatoms. The van der Waals surface area contributed by atoms with Crippen molar-refractivity contribution in [2.24, 2.45) is 0 Å². The number of aliphatic hydroxyl groups excluding tert-OH is 1. The van der Waals surface area contributed by atoms with E-state index >= 15 is 0 Å². The van der Waals surface area contributed by atoms with Gasteiger partial charge in [-0.05, 0) is 73.6 Å². The van der Waals surface area contributed by atoms with Gasteiger partial charge in [-0.3, -0.25) is 4.79 Å². The standard InChI is InChI=1S/C23H27Cl2NO2/c1-16-4-5-19(10-17(16)2)23(7-9-27)6-3-8-26(15-23)22(28)13-18-11-20(24)14-21(25)12-18/h4-5,10-12,14,27H,3,6-9,13,15H2,1-2H3. The summed E-state index contributed by atoms with van der Waals surface area (Å²) >= 11 is 12.2. The van der Waals surface area contributed by atoms with E-state index < -0.39 is 0 Å². The molecule has 1 aliphatic rings. The van der Waals surface area contributed by atoms with E-state index in [0.717, 1.165) is 24.9 Å². The van der Waals surface area contributed by atoms with E-state index in [0.29, 0.717) is 23.0 Å². The molecule has 1 heterocycles. The smallest absolute Gasteiger partial charge is 0.227 e. The molecule has 0 saturated carbocycles. The van der Waals surface area contributed by atoms with Crippen molar-refractivity contribution in [2.75, 3.05) is 19.7 Å². The molecule has 150 valence electrons. The lowest BCUT2D eigenvalue weighted by Gasteiger charge is -2.43. The molecular weight excluding hydrogens is 393 g/mol. The van der Waals surface area contributed by atoms with Crippen molar-refractivity contribution in [1.82, 2.24) is 4.90 Å². The zero-order chi connectivity index (χ0) is 20.3. The molecule has 0 aliphatic carbocycles. The van der Waals surface area contributed by atoms with Gasteiger partial charge < -0.3 is 10.0 Å². The van der Waals surface area contributed by atoms with E-state index in [1.807, 2.05) is 4.90 Å². The molecule has 1 unspecified atom stereocenters. The van der Waals surface area contributed by atoms with Crippen molar-refractivity contribution in [1.29, 1.82) is 0 Å². The Labute approximate surface area is 177 Å². The first kappa shape index (κ1) is 21.2. The molecule has 3 rings (SSSR count). The van der Waals surface area contributed by atoms with Crippen molar-refractivity contribution in [3.8, 4) is 0 Å². The Morgan fingerprint density at radius 3 is 2.46 bits per heavy atom. The number of aryl methyl sites for hydroxylation is 2. The van der Waals surface area contributed by atoms with Gasteiger partial charge in [-0.1, -0.05) is 41.4 Å². The highest BCUT2D eigenvalue weighted by molar-refractivity contribution is 6.34. The van der Waals surface area contributed by atoms with Crippen molar-refractivity contribution < 1.29 is 9.90 Å². The summed E-state index contributed by atoms with van der Waals surface area (Å²) in [6.45, 7) is 5.69.